The second-order valence-corrected chi connectivity index (χ2v) is 4.35. The molecule has 0 aromatic heterocycles. The maximum Gasteiger partial charge on any atom is 0.234 e. The molecule has 5 heteroatoms. The van der Waals surface area contributed by atoms with Gasteiger partial charge in [-0.15, -0.1) is 0 Å². The van der Waals surface area contributed by atoms with E-state index in [9.17, 15) is 4.79 Å². The Bertz CT molecular complexity index is 245. The number of nitrogens with one attached hydrogen (secondary N) is 1. The molecule has 0 aromatic rings. The fourth-order valence-electron chi connectivity index (χ4n) is 1.84. The van der Waals surface area contributed by atoms with Gasteiger partial charge in [0.2, 0.25) is 5.91 Å². The third-order valence-corrected chi connectivity index (χ3v) is 2.88. The van der Waals surface area contributed by atoms with E-state index in [1.165, 1.54) is 0 Å². The number of rotatable bonds is 5. The van der Waals surface area contributed by atoms with Crippen LogP contribution in [0.2, 0.25) is 0 Å². The Balaban J connectivity index is 2.36. The van der Waals surface area contributed by atoms with Crippen LogP contribution in [0, 0.1) is 0 Å². The van der Waals surface area contributed by atoms with Crippen molar-refractivity contribution in [1.82, 2.24) is 10.2 Å². The van der Waals surface area contributed by atoms with Crippen molar-refractivity contribution in [3.05, 3.63) is 0 Å². The number of carbonyl (C=O) groups is 1. The summed E-state index contributed by atoms with van der Waals surface area (Å²) >= 11 is 4.98. The van der Waals surface area contributed by atoms with E-state index in [0.29, 0.717) is 11.5 Å². The minimum atomic E-state index is 0.0694. The molecule has 1 aliphatic rings. The molecular weight excluding hydrogens is 210 g/mol. The first-order chi connectivity index (χ1) is 7.15. The zero-order chi connectivity index (χ0) is 11.3. The Morgan fingerprint density at radius 1 is 1.67 bits per heavy atom. The fourth-order valence-corrected chi connectivity index (χ4v) is 2.11. The lowest BCUT2D eigenvalue weighted by molar-refractivity contribution is -0.122. The molecule has 0 bridgehead atoms. The summed E-state index contributed by atoms with van der Waals surface area (Å²) in [5.74, 6) is 0.0694. The van der Waals surface area contributed by atoms with Crippen LogP contribution < -0.4 is 11.1 Å². The summed E-state index contributed by atoms with van der Waals surface area (Å²) < 4.78 is 0. The molecule has 1 amide bonds. The Labute approximate surface area is 96.2 Å². The topological polar surface area (TPSA) is 58.4 Å². The molecule has 0 aliphatic carbocycles. The second kappa shape index (κ2) is 6.02. The van der Waals surface area contributed by atoms with Crippen LogP contribution in [0.25, 0.3) is 0 Å². The van der Waals surface area contributed by atoms with E-state index in [4.69, 9.17) is 18.0 Å². The first-order valence-corrected chi connectivity index (χ1v) is 5.86. The van der Waals surface area contributed by atoms with E-state index in [1.807, 2.05) is 6.92 Å². The molecule has 1 aliphatic heterocycles. The molecule has 1 unspecified atom stereocenters. The van der Waals surface area contributed by atoms with Crippen LogP contribution in [0.5, 0.6) is 0 Å². The highest BCUT2D eigenvalue weighted by molar-refractivity contribution is 7.80. The third-order valence-electron chi connectivity index (χ3n) is 2.61. The summed E-state index contributed by atoms with van der Waals surface area (Å²) in [7, 11) is 0. The predicted molar refractivity (Wildman–Crippen MR) is 64.7 cm³/mol. The third kappa shape index (κ3) is 3.76. The predicted octanol–water partition coefficient (Wildman–Crippen LogP) is 0.263. The van der Waals surface area contributed by atoms with Crippen molar-refractivity contribution in [1.29, 1.82) is 0 Å². The monoisotopic (exact) mass is 229 g/mol. The molecule has 1 fully saturated rings. The summed E-state index contributed by atoms with van der Waals surface area (Å²) in [6, 6.07) is 0.118. The van der Waals surface area contributed by atoms with Gasteiger partial charge in [0.25, 0.3) is 0 Å². The van der Waals surface area contributed by atoms with Gasteiger partial charge in [-0.3, -0.25) is 9.69 Å². The zero-order valence-electron chi connectivity index (χ0n) is 9.16. The molecule has 0 aromatic carbocycles. The molecular formula is C10H19N3OS. The summed E-state index contributed by atoms with van der Waals surface area (Å²) in [6.07, 6.45) is 3.02. The minimum Gasteiger partial charge on any atom is -0.392 e. The lowest BCUT2D eigenvalue weighted by atomic mass is 10.2. The van der Waals surface area contributed by atoms with Gasteiger partial charge >= 0.3 is 0 Å². The van der Waals surface area contributed by atoms with Gasteiger partial charge in [0.15, 0.2) is 0 Å². The quantitative estimate of drug-likeness (QED) is 0.664. The van der Waals surface area contributed by atoms with Gasteiger partial charge in [0.1, 0.15) is 0 Å². The zero-order valence-corrected chi connectivity index (χ0v) is 9.98. The molecule has 15 heavy (non-hydrogen) atoms. The van der Waals surface area contributed by atoms with Gasteiger partial charge < -0.3 is 11.1 Å². The van der Waals surface area contributed by atoms with E-state index in [1.54, 1.807) is 0 Å². The Morgan fingerprint density at radius 2 is 2.40 bits per heavy atom. The number of thiocarbonyl (C=S) groups is 1. The van der Waals surface area contributed by atoms with Crippen molar-refractivity contribution in [2.75, 3.05) is 19.6 Å². The molecule has 86 valence electrons. The minimum absolute atomic E-state index is 0.0694. The molecule has 1 saturated heterocycles. The molecule has 3 N–H and O–H groups in total. The molecule has 0 saturated carbocycles. The average molecular weight is 229 g/mol. The van der Waals surface area contributed by atoms with Crippen LogP contribution in [0.1, 0.15) is 26.2 Å². The van der Waals surface area contributed by atoms with Gasteiger partial charge in [-0.25, -0.2) is 0 Å². The summed E-state index contributed by atoms with van der Waals surface area (Å²) in [5, 5.41) is 2.85. The molecule has 1 rings (SSSR count). The fraction of sp³-hybridized carbons (Fsp3) is 0.800. The van der Waals surface area contributed by atoms with Crippen molar-refractivity contribution in [3.63, 3.8) is 0 Å². The number of amides is 1. The van der Waals surface area contributed by atoms with Crippen molar-refractivity contribution < 1.29 is 4.79 Å². The van der Waals surface area contributed by atoms with Crippen molar-refractivity contribution in [2.45, 2.75) is 32.2 Å². The maximum atomic E-state index is 11.5. The lowest BCUT2D eigenvalue weighted by Gasteiger charge is -2.22. The molecule has 1 atom stereocenters. The van der Waals surface area contributed by atoms with Crippen LogP contribution in [-0.2, 0) is 4.79 Å². The number of nitrogens with zero attached hydrogens (tertiary/aromatic N) is 1. The highest BCUT2D eigenvalue weighted by Gasteiger charge is 2.27. The van der Waals surface area contributed by atoms with E-state index in [2.05, 4.69) is 10.2 Å². The van der Waals surface area contributed by atoms with Gasteiger partial charge in [-0.2, -0.15) is 0 Å². The number of hydrogen-bond donors (Lipinski definition) is 2. The number of likely N-dealkylation sites (tertiary alicyclic amines) is 1. The summed E-state index contributed by atoms with van der Waals surface area (Å²) in [4.78, 5) is 14.1. The van der Waals surface area contributed by atoms with Crippen LogP contribution >= 0.6 is 12.2 Å². The van der Waals surface area contributed by atoms with E-state index in [-0.39, 0.29) is 11.9 Å². The van der Waals surface area contributed by atoms with Crippen LogP contribution in [-0.4, -0.2) is 41.5 Å². The number of carbonyl (C=O) groups excluding carboxylic acids is 1. The summed E-state index contributed by atoms with van der Waals surface area (Å²) in [6.45, 7) is 4.11. The molecule has 0 radical (unpaired) electrons. The van der Waals surface area contributed by atoms with Crippen LogP contribution in [0.15, 0.2) is 0 Å². The maximum absolute atomic E-state index is 11.5. The largest absolute Gasteiger partial charge is 0.392 e. The first-order valence-electron chi connectivity index (χ1n) is 5.45. The Kier molecular flexibility index (Phi) is 4.98. The van der Waals surface area contributed by atoms with E-state index < -0.39 is 0 Å². The number of nitrogens with two attached hydrogens (primary N) is 1. The Hall–Kier alpha value is -0.680. The highest BCUT2D eigenvalue weighted by atomic mass is 32.1. The highest BCUT2D eigenvalue weighted by Crippen LogP contribution is 2.16. The van der Waals surface area contributed by atoms with Crippen molar-refractivity contribution in [2.24, 2.45) is 5.73 Å². The van der Waals surface area contributed by atoms with E-state index >= 15 is 0 Å². The van der Waals surface area contributed by atoms with E-state index in [0.717, 1.165) is 32.4 Å². The SMILES string of the molecule is CCCNC(=O)CN1CCCC1C(N)=S. The number of hydrogen-bond acceptors (Lipinski definition) is 3. The molecule has 1 heterocycles. The van der Waals surface area contributed by atoms with Gasteiger partial charge in [0.05, 0.1) is 17.6 Å². The normalized spacial score (nSPS) is 21.5. The molecule has 4 nitrogen and oxygen atoms in total. The van der Waals surface area contributed by atoms with Crippen LogP contribution in [0.3, 0.4) is 0 Å². The lowest BCUT2D eigenvalue weighted by Crippen LogP contribution is -2.44. The smallest absolute Gasteiger partial charge is 0.234 e. The van der Waals surface area contributed by atoms with Gasteiger partial charge in [0, 0.05) is 6.54 Å². The van der Waals surface area contributed by atoms with Crippen molar-refractivity contribution in [3.8, 4) is 0 Å². The van der Waals surface area contributed by atoms with Gasteiger partial charge in [-0.05, 0) is 25.8 Å². The Morgan fingerprint density at radius 3 is 3.00 bits per heavy atom. The average Bonchev–Trinajstić information content (AvgIpc) is 2.62. The second-order valence-electron chi connectivity index (χ2n) is 3.88. The standard InChI is InChI=1S/C10H19N3OS/c1-2-5-12-9(14)7-13-6-3-4-8(13)10(11)15/h8H,2-7H2,1H3,(H2,11,15)(H,12,14). The summed E-state index contributed by atoms with van der Waals surface area (Å²) in [5.41, 5.74) is 5.62. The first kappa shape index (κ1) is 12.4. The van der Waals surface area contributed by atoms with Crippen molar-refractivity contribution >= 4 is 23.1 Å². The van der Waals surface area contributed by atoms with Gasteiger partial charge in [-0.1, -0.05) is 19.1 Å². The van der Waals surface area contributed by atoms with Crippen LogP contribution in [0.4, 0.5) is 0 Å². The molecule has 0 spiro atoms.